The van der Waals surface area contributed by atoms with Gasteiger partial charge in [-0.25, -0.2) is 4.98 Å². The molecule has 1 amide bonds. The molecule has 2 heterocycles. The molecule has 112 valence electrons. The van der Waals surface area contributed by atoms with Gasteiger partial charge in [-0.15, -0.1) is 11.6 Å². The van der Waals surface area contributed by atoms with Gasteiger partial charge in [-0.3, -0.25) is 9.59 Å². The number of carbonyl (C=O) groups excluding carboxylic acids is 2. The maximum absolute atomic E-state index is 12.4. The van der Waals surface area contributed by atoms with E-state index in [0.717, 1.165) is 13.2 Å². The first-order chi connectivity index (χ1) is 10.1. The molecule has 1 aromatic heterocycles. The Kier molecular flexibility index (Phi) is 3.95. The van der Waals surface area contributed by atoms with Crippen LogP contribution in [0.5, 0.6) is 0 Å². The number of rotatable bonds is 5. The topological polar surface area (TPSA) is 68.3 Å². The Morgan fingerprint density at radius 1 is 1.38 bits per heavy atom. The minimum Gasteiger partial charge on any atom is -0.381 e. The van der Waals surface area contributed by atoms with Crippen LogP contribution in [0.25, 0.3) is 0 Å². The van der Waals surface area contributed by atoms with Crippen LogP contribution in [0.3, 0.4) is 0 Å². The molecule has 21 heavy (non-hydrogen) atoms. The van der Waals surface area contributed by atoms with Crippen molar-refractivity contribution in [3.05, 3.63) is 29.1 Å². The van der Waals surface area contributed by atoms with E-state index in [0.29, 0.717) is 35.4 Å². The van der Waals surface area contributed by atoms with Crippen LogP contribution in [0.4, 0.5) is 0 Å². The summed E-state index contributed by atoms with van der Waals surface area (Å²) in [4.78, 5) is 28.3. The van der Waals surface area contributed by atoms with Crippen molar-refractivity contribution in [1.82, 2.24) is 10.3 Å². The molecule has 0 bridgehead atoms. The van der Waals surface area contributed by atoms with Crippen LogP contribution < -0.4 is 5.32 Å². The molecule has 1 aromatic rings. The van der Waals surface area contributed by atoms with Gasteiger partial charge < -0.3 is 10.1 Å². The molecule has 1 saturated heterocycles. The van der Waals surface area contributed by atoms with Crippen LogP contribution in [-0.2, 0) is 10.6 Å². The normalized spacial score (nSPS) is 26.3. The molecule has 0 aromatic carbocycles. The lowest BCUT2D eigenvalue weighted by Crippen LogP contribution is -2.20. The number of ether oxygens (including phenoxy) is 1. The molecular weight excluding hydrogens is 292 g/mol. The number of nitrogens with one attached hydrogen (secondary N) is 1. The van der Waals surface area contributed by atoms with Crippen molar-refractivity contribution in [1.29, 1.82) is 0 Å². The second kappa shape index (κ2) is 5.73. The summed E-state index contributed by atoms with van der Waals surface area (Å²) < 4.78 is 5.33. The molecule has 0 spiro atoms. The molecule has 1 aliphatic heterocycles. The summed E-state index contributed by atoms with van der Waals surface area (Å²) in [7, 11) is 1.53. The standard InChI is InChI=1S/C15H17ClN2O3/c1-17-15(20)13-3-8(2-9(5-16)18-13)14(19)4-10-11-6-21-7-12(10)11/h2-3,10-12H,4-7H2,1H3,(H,17,20)/t10?,11-,12+. The highest BCUT2D eigenvalue weighted by atomic mass is 35.5. The maximum Gasteiger partial charge on any atom is 0.269 e. The van der Waals surface area contributed by atoms with Crippen molar-refractivity contribution in [2.75, 3.05) is 20.3 Å². The Morgan fingerprint density at radius 3 is 2.71 bits per heavy atom. The van der Waals surface area contributed by atoms with Crippen LogP contribution in [0.1, 0.15) is 33.0 Å². The van der Waals surface area contributed by atoms with Crippen LogP contribution in [-0.4, -0.2) is 36.9 Å². The number of ketones is 1. The first-order valence-corrected chi connectivity index (χ1v) is 7.57. The molecule has 1 aliphatic carbocycles. The molecule has 1 unspecified atom stereocenters. The smallest absolute Gasteiger partial charge is 0.269 e. The number of hydrogen-bond donors (Lipinski definition) is 1. The zero-order chi connectivity index (χ0) is 15.0. The number of Topliss-reactive ketones (excluding diaryl/α,β-unsaturated/α-hetero) is 1. The summed E-state index contributed by atoms with van der Waals surface area (Å²) in [6, 6.07) is 3.22. The van der Waals surface area contributed by atoms with E-state index in [4.69, 9.17) is 16.3 Å². The highest BCUT2D eigenvalue weighted by Crippen LogP contribution is 2.52. The molecule has 1 N–H and O–H groups in total. The van der Waals surface area contributed by atoms with E-state index in [1.807, 2.05) is 0 Å². The largest absolute Gasteiger partial charge is 0.381 e. The summed E-state index contributed by atoms with van der Waals surface area (Å²) in [5.74, 6) is 1.43. The van der Waals surface area contributed by atoms with Gasteiger partial charge in [-0.2, -0.15) is 0 Å². The number of hydrogen-bond acceptors (Lipinski definition) is 4. The lowest BCUT2D eigenvalue weighted by Gasteiger charge is -2.07. The predicted molar refractivity (Wildman–Crippen MR) is 77.4 cm³/mol. The Morgan fingerprint density at radius 2 is 2.10 bits per heavy atom. The number of halogens is 1. The van der Waals surface area contributed by atoms with E-state index in [9.17, 15) is 9.59 Å². The average Bonchev–Trinajstić information content (AvgIpc) is 2.95. The van der Waals surface area contributed by atoms with Gasteiger partial charge in [-0.1, -0.05) is 0 Å². The highest BCUT2D eigenvalue weighted by Gasteiger charge is 2.54. The SMILES string of the molecule is CNC(=O)c1cc(C(=O)CC2[C@H]3COC[C@@H]23)cc(CCl)n1. The van der Waals surface area contributed by atoms with Crippen molar-refractivity contribution in [2.45, 2.75) is 12.3 Å². The third kappa shape index (κ3) is 2.80. The van der Waals surface area contributed by atoms with E-state index in [2.05, 4.69) is 10.3 Å². The number of carbonyl (C=O) groups is 2. The fourth-order valence-corrected chi connectivity index (χ4v) is 3.19. The van der Waals surface area contributed by atoms with Crippen molar-refractivity contribution in [3.63, 3.8) is 0 Å². The lowest BCUT2D eigenvalue weighted by atomic mass is 10.0. The molecule has 3 atom stereocenters. The fourth-order valence-electron chi connectivity index (χ4n) is 3.06. The predicted octanol–water partition coefficient (Wildman–Crippen LogP) is 1.65. The Hall–Kier alpha value is -1.46. The third-order valence-electron chi connectivity index (χ3n) is 4.35. The van der Waals surface area contributed by atoms with Gasteiger partial charge in [0.2, 0.25) is 0 Å². The highest BCUT2D eigenvalue weighted by molar-refractivity contribution is 6.17. The van der Waals surface area contributed by atoms with Gasteiger partial charge in [0.1, 0.15) is 5.69 Å². The number of pyridine rings is 1. The van der Waals surface area contributed by atoms with Crippen molar-refractivity contribution in [2.24, 2.45) is 17.8 Å². The van der Waals surface area contributed by atoms with Gasteiger partial charge in [0.25, 0.3) is 5.91 Å². The van der Waals surface area contributed by atoms with E-state index in [1.165, 1.54) is 7.05 Å². The van der Waals surface area contributed by atoms with Crippen molar-refractivity contribution >= 4 is 23.3 Å². The van der Waals surface area contributed by atoms with Crippen LogP contribution in [0.2, 0.25) is 0 Å². The van der Waals surface area contributed by atoms with Crippen molar-refractivity contribution < 1.29 is 14.3 Å². The van der Waals surface area contributed by atoms with Crippen LogP contribution in [0.15, 0.2) is 12.1 Å². The Labute approximate surface area is 128 Å². The zero-order valence-electron chi connectivity index (χ0n) is 11.8. The minimum atomic E-state index is -0.312. The number of amides is 1. The van der Waals surface area contributed by atoms with Gasteiger partial charge in [-0.05, 0) is 29.9 Å². The second-order valence-corrected chi connectivity index (χ2v) is 5.87. The fraction of sp³-hybridized carbons (Fsp3) is 0.533. The molecular formula is C15H17ClN2O3. The van der Waals surface area contributed by atoms with Crippen molar-refractivity contribution in [3.8, 4) is 0 Å². The van der Waals surface area contributed by atoms with E-state index >= 15 is 0 Å². The molecule has 5 nitrogen and oxygen atoms in total. The summed E-state index contributed by atoms with van der Waals surface area (Å²) in [5, 5.41) is 2.51. The van der Waals surface area contributed by atoms with E-state index in [1.54, 1.807) is 12.1 Å². The van der Waals surface area contributed by atoms with Crippen LogP contribution >= 0.6 is 11.6 Å². The van der Waals surface area contributed by atoms with E-state index < -0.39 is 0 Å². The molecule has 0 radical (unpaired) electrons. The zero-order valence-corrected chi connectivity index (χ0v) is 12.5. The molecule has 3 rings (SSSR count). The third-order valence-corrected chi connectivity index (χ3v) is 4.62. The number of alkyl halides is 1. The molecule has 2 fully saturated rings. The number of aromatic nitrogens is 1. The molecule has 6 heteroatoms. The van der Waals surface area contributed by atoms with Gasteiger partial charge in [0, 0.05) is 19.0 Å². The summed E-state index contributed by atoms with van der Waals surface area (Å²) in [6.07, 6.45) is 0.512. The van der Waals surface area contributed by atoms with Gasteiger partial charge in [0.15, 0.2) is 5.78 Å². The maximum atomic E-state index is 12.4. The number of fused-ring (bicyclic) bond motifs is 1. The van der Waals surface area contributed by atoms with E-state index in [-0.39, 0.29) is 23.3 Å². The Balaban J connectivity index is 1.77. The van der Waals surface area contributed by atoms with Gasteiger partial charge in [0.05, 0.1) is 24.8 Å². The first kappa shape index (κ1) is 14.5. The van der Waals surface area contributed by atoms with Crippen LogP contribution in [0, 0.1) is 17.8 Å². The molecule has 2 aliphatic rings. The summed E-state index contributed by atoms with van der Waals surface area (Å²) in [6.45, 7) is 1.55. The molecule has 1 saturated carbocycles. The quantitative estimate of drug-likeness (QED) is 0.663. The second-order valence-electron chi connectivity index (χ2n) is 5.60. The monoisotopic (exact) mass is 308 g/mol. The summed E-state index contributed by atoms with van der Waals surface area (Å²) >= 11 is 5.80. The first-order valence-electron chi connectivity index (χ1n) is 7.04. The van der Waals surface area contributed by atoms with Gasteiger partial charge >= 0.3 is 0 Å². The summed E-state index contributed by atoms with van der Waals surface area (Å²) in [5.41, 5.74) is 1.30. The number of nitrogens with zero attached hydrogens (tertiary/aromatic N) is 1. The minimum absolute atomic E-state index is 0.0494. The lowest BCUT2D eigenvalue weighted by molar-refractivity contribution is 0.0950. The Bertz CT molecular complexity index is 580. The average molecular weight is 309 g/mol.